The van der Waals surface area contributed by atoms with Crippen LogP contribution in [0.15, 0.2) is 71.7 Å². The SMILES string of the molecule is COc1cccc(C[C@@H](C2CCN(C(=O)/C=C/c3cccnc3)CC2)N(C)C(=O)c2ccsc2)c1. The summed E-state index contributed by atoms with van der Waals surface area (Å²) in [5.41, 5.74) is 2.76. The van der Waals surface area contributed by atoms with Crippen molar-refractivity contribution < 1.29 is 14.3 Å². The lowest BCUT2D eigenvalue weighted by Gasteiger charge is -2.40. The normalized spacial score (nSPS) is 15.2. The van der Waals surface area contributed by atoms with Crippen LogP contribution in [0.25, 0.3) is 6.08 Å². The molecule has 3 heterocycles. The molecule has 1 aliphatic rings. The van der Waals surface area contributed by atoms with Gasteiger partial charge in [-0.3, -0.25) is 14.6 Å². The number of pyridine rings is 1. The molecule has 182 valence electrons. The molecule has 1 aliphatic heterocycles. The summed E-state index contributed by atoms with van der Waals surface area (Å²) in [6, 6.07) is 13.7. The summed E-state index contributed by atoms with van der Waals surface area (Å²) < 4.78 is 5.41. The van der Waals surface area contributed by atoms with Gasteiger partial charge in [0.25, 0.3) is 5.91 Å². The highest BCUT2D eigenvalue weighted by Crippen LogP contribution is 2.28. The number of rotatable bonds is 8. The first-order chi connectivity index (χ1) is 17.0. The van der Waals surface area contributed by atoms with E-state index in [1.54, 1.807) is 31.7 Å². The average Bonchev–Trinajstić information content (AvgIpc) is 3.45. The Morgan fingerprint density at radius 2 is 2.06 bits per heavy atom. The van der Waals surface area contributed by atoms with Crippen LogP contribution in [0.3, 0.4) is 0 Å². The van der Waals surface area contributed by atoms with Crippen LogP contribution in [0.2, 0.25) is 0 Å². The Morgan fingerprint density at radius 1 is 1.23 bits per heavy atom. The van der Waals surface area contributed by atoms with Crippen LogP contribution in [-0.2, 0) is 11.2 Å². The number of methoxy groups -OCH3 is 1. The molecule has 7 heteroatoms. The number of aromatic nitrogens is 1. The minimum Gasteiger partial charge on any atom is -0.497 e. The standard InChI is InChI=1S/C28H31N3O3S/c1-30(28(33)24-12-16-35-20-24)26(18-22-5-3-7-25(17-22)34-2)23-10-14-31(15-11-23)27(32)9-8-21-6-4-13-29-19-21/h3-9,12-13,16-17,19-20,23,26H,10-11,14-15,18H2,1-2H3/b9-8+/t26-/m0/s1. The quantitative estimate of drug-likeness (QED) is 0.427. The molecule has 1 atom stereocenters. The van der Waals surface area contributed by atoms with E-state index >= 15 is 0 Å². The van der Waals surface area contributed by atoms with Crippen LogP contribution in [-0.4, -0.2) is 59.9 Å². The lowest BCUT2D eigenvalue weighted by molar-refractivity contribution is -0.127. The molecule has 1 saturated heterocycles. The van der Waals surface area contributed by atoms with Gasteiger partial charge in [-0.1, -0.05) is 18.2 Å². The largest absolute Gasteiger partial charge is 0.497 e. The number of hydrogen-bond acceptors (Lipinski definition) is 5. The number of likely N-dealkylation sites (tertiary alicyclic amines) is 1. The third-order valence-corrected chi connectivity index (χ3v) is 7.35. The van der Waals surface area contributed by atoms with Gasteiger partial charge in [-0.05, 0) is 72.0 Å². The van der Waals surface area contributed by atoms with E-state index in [1.165, 1.54) is 11.3 Å². The fourth-order valence-corrected chi connectivity index (χ4v) is 5.28. The number of ether oxygens (including phenoxy) is 1. The van der Waals surface area contributed by atoms with E-state index in [1.807, 2.05) is 64.0 Å². The highest BCUT2D eigenvalue weighted by molar-refractivity contribution is 7.08. The van der Waals surface area contributed by atoms with Crippen molar-refractivity contribution >= 4 is 29.2 Å². The van der Waals surface area contributed by atoms with Crippen molar-refractivity contribution in [1.82, 2.24) is 14.8 Å². The van der Waals surface area contributed by atoms with Gasteiger partial charge in [0, 0.05) is 50.0 Å². The Labute approximate surface area is 210 Å². The van der Waals surface area contributed by atoms with E-state index < -0.39 is 0 Å². The van der Waals surface area contributed by atoms with Crippen molar-refractivity contribution in [3.05, 3.63) is 88.4 Å². The molecule has 3 aromatic rings. The van der Waals surface area contributed by atoms with E-state index in [4.69, 9.17) is 4.74 Å². The summed E-state index contributed by atoms with van der Waals surface area (Å²) in [6.45, 7) is 1.35. The van der Waals surface area contributed by atoms with Crippen molar-refractivity contribution in [2.45, 2.75) is 25.3 Å². The van der Waals surface area contributed by atoms with Crippen molar-refractivity contribution in [3.63, 3.8) is 0 Å². The summed E-state index contributed by atoms with van der Waals surface area (Å²) in [7, 11) is 3.57. The molecule has 1 aromatic carbocycles. The second-order valence-corrected chi connectivity index (χ2v) is 9.61. The summed E-state index contributed by atoms with van der Waals surface area (Å²) in [4.78, 5) is 33.8. The maximum atomic E-state index is 13.2. The van der Waals surface area contributed by atoms with Crippen LogP contribution in [0.5, 0.6) is 5.75 Å². The molecular weight excluding hydrogens is 458 g/mol. The van der Waals surface area contributed by atoms with E-state index in [0.717, 1.165) is 41.7 Å². The minimum absolute atomic E-state index is 0.0133. The molecule has 2 aromatic heterocycles. The predicted molar refractivity (Wildman–Crippen MR) is 139 cm³/mol. The summed E-state index contributed by atoms with van der Waals surface area (Å²) in [6.07, 6.45) is 9.32. The number of carbonyl (C=O) groups is 2. The zero-order valence-corrected chi connectivity index (χ0v) is 21.0. The Balaban J connectivity index is 1.45. The molecule has 35 heavy (non-hydrogen) atoms. The van der Waals surface area contributed by atoms with Crippen molar-refractivity contribution in [2.75, 3.05) is 27.2 Å². The van der Waals surface area contributed by atoms with Crippen molar-refractivity contribution in [3.8, 4) is 5.75 Å². The Morgan fingerprint density at radius 3 is 2.74 bits per heavy atom. The van der Waals surface area contributed by atoms with Crippen LogP contribution >= 0.6 is 11.3 Å². The number of thiophene rings is 1. The maximum Gasteiger partial charge on any atom is 0.254 e. The first kappa shape index (κ1) is 24.7. The second-order valence-electron chi connectivity index (χ2n) is 8.83. The number of likely N-dealkylation sites (N-methyl/N-ethyl adjacent to an activating group) is 1. The van der Waals surface area contributed by atoms with E-state index in [9.17, 15) is 9.59 Å². The van der Waals surface area contributed by atoms with E-state index in [0.29, 0.717) is 19.0 Å². The molecular formula is C28H31N3O3S. The van der Waals surface area contributed by atoms with Crippen LogP contribution in [0.1, 0.15) is 34.3 Å². The molecule has 0 unspecified atom stereocenters. The number of carbonyl (C=O) groups excluding carboxylic acids is 2. The minimum atomic E-state index is 0.0133. The Kier molecular flexibility index (Phi) is 8.32. The average molecular weight is 490 g/mol. The lowest BCUT2D eigenvalue weighted by Crippen LogP contribution is -2.48. The highest BCUT2D eigenvalue weighted by atomic mass is 32.1. The number of hydrogen-bond donors (Lipinski definition) is 0. The first-order valence-electron chi connectivity index (χ1n) is 11.8. The van der Waals surface area contributed by atoms with Gasteiger partial charge in [0.2, 0.25) is 5.91 Å². The van der Waals surface area contributed by atoms with Crippen LogP contribution < -0.4 is 4.74 Å². The number of piperidine rings is 1. The van der Waals surface area contributed by atoms with Gasteiger partial charge in [0.15, 0.2) is 0 Å². The number of benzene rings is 1. The topological polar surface area (TPSA) is 62.7 Å². The number of nitrogens with zero attached hydrogens (tertiary/aromatic N) is 3. The van der Waals surface area contributed by atoms with Gasteiger partial charge >= 0.3 is 0 Å². The third-order valence-electron chi connectivity index (χ3n) is 6.66. The predicted octanol–water partition coefficient (Wildman–Crippen LogP) is 4.79. The molecule has 1 fully saturated rings. The van der Waals surface area contributed by atoms with E-state index in [2.05, 4.69) is 11.1 Å². The zero-order valence-electron chi connectivity index (χ0n) is 20.2. The molecule has 2 amide bonds. The summed E-state index contributed by atoms with van der Waals surface area (Å²) in [5, 5.41) is 3.83. The zero-order chi connectivity index (χ0) is 24.6. The lowest BCUT2D eigenvalue weighted by atomic mass is 9.84. The van der Waals surface area contributed by atoms with Crippen LogP contribution in [0.4, 0.5) is 0 Å². The third kappa shape index (κ3) is 6.36. The maximum absolute atomic E-state index is 13.2. The molecule has 0 bridgehead atoms. The molecule has 0 radical (unpaired) electrons. The van der Waals surface area contributed by atoms with Crippen molar-refractivity contribution in [1.29, 1.82) is 0 Å². The van der Waals surface area contributed by atoms with Gasteiger partial charge in [-0.15, -0.1) is 0 Å². The van der Waals surface area contributed by atoms with Gasteiger partial charge in [-0.25, -0.2) is 0 Å². The van der Waals surface area contributed by atoms with Crippen molar-refractivity contribution in [2.24, 2.45) is 5.92 Å². The van der Waals surface area contributed by atoms with Gasteiger partial charge in [0.05, 0.1) is 12.7 Å². The highest BCUT2D eigenvalue weighted by Gasteiger charge is 2.33. The molecule has 0 saturated carbocycles. The molecule has 6 nitrogen and oxygen atoms in total. The van der Waals surface area contributed by atoms with Gasteiger partial charge in [-0.2, -0.15) is 11.3 Å². The molecule has 0 spiro atoms. The van der Waals surface area contributed by atoms with E-state index in [-0.39, 0.29) is 17.9 Å². The monoisotopic (exact) mass is 489 g/mol. The molecule has 0 aliphatic carbocycles. The van der Waals surface area contributed by atoms with Crippen LogP contribution in [0, 0.1) is 5.92 Å². The smallest absolute Gasteiger partial charge is 0.254 e. The molecule has 0 N–H and O–H groups in total. The fourth-order valence-electron chi connectivity index (χ4n) is 4.65. The Hall–Kier alpha value is -3.45. The first-order valence-corrected chi connectivity index (χ1v) is 12.8. The molecule has 4 rings (SSSR count). The summed E-state index contributed by atoms with van der Waals surface area (Å²) >= 11 is 1.53. The summed E-state index contributed by atoms with van der Waals surface area (Å²) in [5.74, 6) is 1.16. The van der Waals surface area contributed by atoms with Gasteiger partial charge < -0.3 is 14.5 Å². The Bertz CT molecular complexity index is 1140. The fraction of sp³-hybridized carbons (Fsp3) is 0.321. The van der Waals surface area contributed by atoms with Gasteiger partial charge in [0.1, 0.15) is 5.75 Å². The second kappa shape index (κ2) is 11.8. The number of amides is 2.